The van der Waals surface area contributed by atoms with Crippen LogP contribution in [0.15, 0.2) is 23.1 Å². The van der Waals surface area contributed by atoms with Crippen molar-refractivity contribution < 1.29 is 18.3 Å². The molecule has 0 aromatic heterocycles. The van der Waals surface area contributed by atoms with Crippen molar-refractivity contribution >= 4 is 27.6 Å². The fourth-order valence-electron chi connectivity index (χ4n) is 3.28. The lowest BCUT2D eigenvalue weighted by molar-refractivity contribution is -0.139. The van der Waals surface area contributed by atoms with Gasteiger partial charge in [-0.05, 0) is 56.2 Å². The van der Waals surface area contributed by atoms with Crippen molar-refractivity contribution in [2.45, 2.75) is 49.6 Å². The zero-order chi connectivity index (χ0) is 18.2. The Balaban J connectivity index is 1.60. The molecule has 138 valence electrons. The van der Waals surface area contributed by atoms with Gasteiger partial charge in [0.05, 0.1) is 11.4 Å². The monoisotopic (exact) mass is 386 g/mol. The van der Waals surface area contributed by atoms with Crippen LogP contribution in [0.1, 0.15) is 31.2 Å². The number of hydrogen-bond acceptors (Lipinski definition) is 4. The molecule has 25 heavy (non-hydrogen) atoms. The van der Waals surface area contributed by atoms with Crippen molar-refractivity contribution in [3.05, 3.63) is 28.8 Å². The summed E-state index contributed by atoms with van der Waals surface area (Å²) in [6.45, 7) is 2.55. The highest BCUT2D eigenvalue weighted by atomic mass is 35.5. The van der Waals surface area contributed by atoms with E-state index in [4.69, 9.17) is 16.7 Å². The molecule has 0 aliphatic heterocycles. The van der Waals surface area contributed by atoms with Crippen LogP contribution in [0.5, 0.6) is 0 Å². The van der Waals surface area contributed by atoms with E-state index in [1.54, 1.807) is 19.1 Å². The summed E-state index contributed by atoms with van der Waals surface area (Å²) < 4.78 is 27.9. The average molecular weight is 387 g/mol. The van der Waals surface area contributed by atoms with E-state index in [2.05, 4.69) is 4.72 Å². The van der Waals surface area contributed by atoms with E-state index in [9.17, 15) is 13.2 Å². The Hall–Kier alpha value is -1.15. The summed E-state index contributed by atoms with van der Waals surface area (Å²) in [5, 5.41) is 9.46. The number of halogens is 1. The Bertz CT molecular complexity index is 758. The van der Waals surface area contributed by atoms with E-state index >= 15 is 0 Å². The third-order valence-electron chi connectivity index (χ3n) is 4.92. The highest BCUT2D eigenvalue weighted by Gasteiger charge is 2.39. The molecule has 0 radical (unpaired) electrons. The van der Waals surface area contributed by atoms with Crippen LogP contribution in [-0.4, -0.2) is 49.6 Å². The molecule has 0 spiro atoms. The molecule has 3 rings (SSSR count). The van der Waals surface area contributed by atoms with Gasteiger partial charge in [0.15, 0.2) is 0 Å². The Morgan fingerprint density at radius 3 is 2.64 bits per heavy atom. The Kier molecular flexibility index (Phi) is 5.39. The number of hydrogen-bond donors (Lipinski definition) is 2. The average Bonchev–Trinajstić information content (AvgIpc) is 3.28. The van der Waals surface area contributed by atoms with Gasteiger partial charge in [0.1, 0.15) is 0 Å². The van der Waals surface area contributed by atoms with Crippen LogP contribution in [0.4, 0.5) is 0 Å². The molecular weight excluding hydrogens is 364 g/mol. The smallest absolute Gasteiger partial charge is 0.317 e. The van der Waals surface area contributed by atoms with Crippen LogP contribution in [0, 0.1) is 12.8 Å². The van der Waals surface area contributed by atoms with Crippen molar-refractivity contribution in [1.82, 2.24) is 9.62 Å². The molecule has 0 saturated heterocycles. The largest absolute Gasteiger partial charge is 0.480 e. The van der Waals surface area contributed by atoms with Crippen molar-refractivity contribution in [3.8, 4) is 0 Å². The van der Waals surface area contributed by atoms with Gasteiger partial charge < -0.3 is 5.11 Å². The molecule has 2 aliphatic carbocycles. The SMILES string of the molecule is Cc1ccc(Cl)cc1S(=O)(=O)NC1CC(N(CC(=O)O)CC2CC2)C1. The number of carbonyl (C=O) groups is 1. The second-order valence-corrected chi connectivity index (χ2v) is 9.24. The second kappa shape index (κ2) is 7.23. The fraction of sp³-hybridized carbons (Fsp3) is 0.588. The number of benzene rings is 1. The first kappa shape index (κ1) is 18.6. The third kappa shape index (κ3) is 4.73. The minimum absolute atomic E-state index is 0.0219. The predicted octanol–water partition coefficient (Wildman–Crippen LogP) is 2.25. The molecule has 2 saturated carbocycles. The lowest BCUT2D eigenvalue weighted by Gasteiger charge is -2.42. The fourth-order valence-corrected chi connectivity index (χ4v) is 5.05. The number of nitrogens with zero attached hydrogens (tertiary/aromatic N) is 1. The van der Waals surface area contributed by atoms with Gasteiger partial charge in [0.2, 0.25) is 10.0 Å². The van der Waals surface area contributed by atoms with Crippen LogP contribution in [-0.2, 0) is 14.8 Å². The van der Waals surface area contributed by atoms with Gasteiger partial charge in [-0.15, -0.1) is 0 Å². The quantitative estimate of drug-likeness (QED) is 0.715. The molecule has 2 aliphatic rings. The first-order valence-electron chi connectivity index (χ1n) is 8.49. The van der Waals surface area contributed by atoms with Crippen molar-refractivity contribution in [1.29, 1.82) is 0 Å². The molecule has 1 aromatic carbocycles. The van der Waals surface area contributed by atoms with E-state index in [1.807, 2.05) is 4.90 Å². The Morgan fingerprint density at radius 2 is 2.04 bits per heavy atom. The molecule has 0 bridgehead atoms. The number of carboxylic acids is 1. The van der Waals surface area contributed by atoms with Gasteiger partial charge in [-0.1, -0.05) is 17.7 Å². The van der Waals surface area contributed by atoms with E-state index in [0.717, 1.165) is 19.4 Å². The van der Waals surface area contributed by atoms with E-state index < -0.39 is 16.0 Å². The van der Waals surface area contributed by atoms with Crippen molar-refractivity contribution in [2.24, 2.45) is 5.92 Å². The van der Waals surface area contributed by atoms with Crippen LogP contribution >= 0.6 is 11.6 Å². The van der Waals surface area contributed by atoms with E-state index in [1.165, 1.54) is 6.07 Å². The zero-order valence-electron chi connectivity index (χ0n) is 14.1. The number of aryl methyl sites for hydroxylation is 1. The number of carboxylic acid groups (broad SMARTS) is 1. The molecule has 0 amide bonds. The molecule has 0 atom stereocenters. The minimum Gasteiger partial charge on any atom is -0.480 e. The van der Waals surface area contributed by atoms with Gasteiger partial charge >= 0.3 is 5.97 Å². The topological polar surface area (TPSA) is 86.7 Å². The number of aliphatic carboxylic acids is 1. The van der Waals surface area contributed by atoms with Crippen LogP contribution < -0.4 is 4.72 Å². The maximum absolute atomic E-state index is 12.6. The predicted molar refractivity (Wildman–Crippen MR) is 95.3 cm³/mol. The summed E-state index contributed by atoms with van der Waals surface area (Å²) in [4.78, 5) is 13.2. The minimum atomic E-state index is -3.63. The molecule has 0 heterocycles. The zero-order valence-corrected chi connectivity index (χ0v) is 15.7. The standard InChI is InChI=1S/C17H23ClN2O4S/c1-11-2-5-13(18)6-16(11)25(23,24)19-14-7-15(8-14)20(10-17(21)22)9-12-3-4-12/h2,5-6,12,14-15,19H,3-4,7-10H2,1H3,(H,21,22). The van der Waals surface area contributed by atoms with E-state index in [0.29, 0.717) is 29.3 Å². The van der Waals surface area contributed by atoms with Gasteiger partial charge in [-0.3, -0.25) is 9.69 Å². The summed E-state index contributed by atoms with van der Waals surface area (Å²) >= 11 is 5.92. The van der Waals surface area contributed by atoms with Crippen molar-refractivity contribution in [2.75, 3.05) is 13.1 Å². The second-order valence-electron chi connectivity index (χ2n) is 7.12. The first-order chi connectivity index (χ1) is 11.7. The van der Waals surface area contributed by atoms with Crippen LogP contribution in [0.25, 0.3) is 0 Å². The Morgan fingerprint density at radius 1 is 1.36 bits per heavy atom. The molecule has 2 N–H and O–H groups in total. The molecule has 2 fully saturated rings. The highest BCUT2D eigenvalue weighted by Crippen LogP contribution is 2.34. The van der Waals surface area contributed by atoms with Gasteiger partial charge in [0, 0.05) is 23.7 Å². The molecule has 8 heteroatoms. The lowest BCUT2D eigenvalue weighted by atomic mass is 9.86. The van der Waals surface area contributed by atoms with Gasteiger partial charge in [-0.25, -0.2) is 13.1 Å². The molecular formula is C17H23ClN2O4S. The number of nitrogens with one attached hydrogen (secondary N) is 1. The summed E-state index contributed by atoms with van der Waals surface area (Å²) in [7, 11) is -3.63. The lowest BCUT2D eigenvalue weighted by Crippen LogP contribution is -2.55. The van der Waals surface area contributed by atoms with Crippen LogP contribution in [0.2, 0.25) is 5.02 Å². The summed E-state index contributed by atoms with van der Waals surface area (Å²) in [5.74, 6) is -0.233. The third-order valence-corrected chi connectivity index (χ3v) is 6.82. The number of sulfonamides is 1. The summed E-state index contributed by atoms with van der Waals surface area (Å²) in [6.07, 6.45) is 3.59. The highest BCUT2D eigenvalue weighted by molar-refractivity contribution is 7.89. The van der Waals surface area contributed by atoms with E-state index in [-0.39, 0.29) is 23.5 Å². The van der Waals surface area contributed by atoms with Gasteiger partial charge in [-0.2, -0.15) is 0 Å². The number of rotatable bonds is 8. The summed E-state index contributed by atoms with van der Waals surface area (Å²) in [6, 6.07) is 4.77. The maximum Gasteiger partial charge on any atom is 0.317 e. The normalized spacial score (nSPS) is 23.5. The Labute approximate surface area is 153 Å². The maximum atomic E-state index is 12.6. The first-order valence-corrected chi connectivity index (χ1v) is 10.3. The van der Waals surface area contributed by atoms with Gasteiger partial charge in [0.25, 0.3) is 0 Å². The summed E-state index contributed by atoms with van der Waals surface area (Å²) in [5.41, 5.74) is 0.647. The molecule has 6 nitrogen and oxygen atoms in total. The molecule has 1 aromatic rings. The molecule has 0 unspecified atom stereocenters. The van der Waals surface area contributed by atoms with Crippen LogP contribution in [0.3, 0.4) is 0 Å². The van der Waals surface area contributed by atoms with Crippen molar-refractivity contribution in [3.63, 3.8) is 0 Å².